The minimum atomic E-state index is -0.383. The Labute approximate surface area is 236 Å². The number of carbonyl (C=O) groups excluding carboxylic acids is 3. The lowest BCUT2D eigenvalue weighted by Crippen LogP contribution is -2.34. The van der Waals surface area contributed by atoms with E-state index in [1.165, 1.54) is 4.90 Å². The fourth-order valence-electron chi connectivity index (χ4n) is 4.38. The molecule has 2 saturated heterocycles. The maximum absolute atomic E-state index is 13.1. The van der Waals surface area contributed by atoms with Gasteiger partial charge in [-0.3, -0.25) is 19.3 Å². The summed E-state index contributed by atoms with van der Waals surface area (Å²) >= 11 is 16.5. The lowest BCUT2D eigenvalue weighted by molar-refractivity contribution is -0.123. The maximum Gasteiger partial charge on any atom is 0.293 e. The van der Waals surface area contributed by atoms with Gasteiger partial charge in [-0.25, -0.2) is 0 Å². The highest BCUT2D eigenvalue weighted by atomic mass is 79.9. The van der Waals surface area contributed by atoms with Crippen LogP contribution < -0.4 is 5.32 Å². The monoisotopic (exact) mass is 621 g/mol. The van der Waals surface area contributed by atoms with Gasteiger partial charge in [0.05, 0.1) is 27.6 Å². The highest BCUT2D eigenvalue weighted by Gasteiger charge is 2.35. The Morgan fingerprint density at radius 2 is 2.03 bits per heavy atom. The molecule has 0 aliphatic carbocycles. The molecular formula is C26H22BrCl2N3O4S. The van der Waals surface area contributed by atoms with Gasteiger partial charge in [-0.1, -0.05) is 45.2 Å². The average Bonchev–Trinajstić information content (AvgIpc) is 3.56. The molecule has 2 aliphatic rings. The Kier molecular flexibility index (Phi) is 7.97. The van der Waals surface area contributed by atoms with Gasteiger partial charge in [0, 0.05) is 40.3 Å². The Morgan fingerprint density at radius 3 is 2.78 bits per heavy atom. The first kappa shape index (κ1) is 26.3. The molecule has 2 aromatic carbocycles. The largest absolute Gasteiger partial charge is 0.376 e. The third kappa shape index (κ3) is 5.91. The van der Waals surface area contributed by atoms with E-state index >= 15 is 0 Å². The first-order chi connectivity index (χ1) is 17.8. The number of aromatic nitrogens is 1. The third-order valence-electron chi connectivity index (χ3n) is 6.22. The summed E-state index contributed by atoms with van der Waals surface area (Å²) in [7, 11) is 0. The van der Waals surface area contributed by atoms with Crippen LogP contribution in [0, 0.1) is 0 Å². The minimum Gasteiger partial charge on any atom is -0.376 e. The number of nitrogens with one attached hydrogen (secondary N) is 1. The number of halogens is 3. The van der Waals surface area contributed by atoms with Crippen molar-refractivity contribution < 1.29 is 19.1 Å². The molecule has 1 atom stereocenters. The summed E-state index contributed by atoms with van der Waals surface area (Å²) in [5.41, 5.74) is 2.28. The van der Waals surface area contributed by atoms with E-state index in [-0.39, 0.29) is 36.2 Å². The predicted octanol–water partition coefficient (Wildman–Crippen LogP) is 6.24. The van der Waals surface area contributed by atoms with Crippen LogP contribution in [0.1, 0.15) is 24.0 Å². The van der Waals surface area contributed by atoms with Crippen LogP contribution in [0.3, 0.4) is 0 Å². The van der Waals surface area contributed by atoms with Crippen LogP contribution in [-0.2, 0) is 27.4 Å². The van der Waals surface area contributed by atoms with Crippen molar-refractivity contribution in [2.45, 2.75) is 32.0 Å². The zero-order valence-corrected chi connectivity index (χ0v) is 23.4. The molecular weight excluding hydrogens is 601 g/mol. The number of fused-ring (bicyclic) bond motifs is 1. The zero-order valence-electron chi connectivity index (χ0n) is 19.5. The minimum absolute atomic E-state index is 0.0661. The number of hydrogen-bond acceptors (Lipinski definition) is 5. The number of hydrogen-bond donors (Lipinski definition) is 1. The highest BCUT2D eigenvalue weighted by molar-refractivity contribution is 9.10. The number of benzene rings is 2. The van der Waals surface area contributed by atoms with Crippen molar-refractivity contribution in [3.8, 4) is 0 Å². The SMILES string of the molecule is O=C(Cn1cc(/C=C2\SC(=O)N(Cc3ccc(Cl)c(Cl)c3)C2=O)c2cc(Br)ccc21)NC[C@@H]1CCCO1. The molecule has 0 radical (unpaired) electrons. The lowest BCUT2D eigenvalue weighted by Gasteiger charge is -2.12. The summed E-state index contributed by atoms with van der Waals surface area (Å²) < 4.78 is 8.29. The summed E-state index contributed by atoms with van der Waals surface area (Å²) in [6.45, 7) is 1.44. The van der Waals surface area contributed by atoms with Crippen molar-refractivity contribution in [2.24, 2.45) is 0 Å². The van der Waals surface area contributed by atoms with Crippen molar-refractivity contribution in [3.63, 3.8) is 0 Å². The Hall–Kier alpha value is -2.30. The number of ether oxygens (including phenoxy) is 1. The molecule has 3 heterocycles. The van der Waals surface area contributed by atoms with Crippen LogP contribution >= 0.6 is 50.9 Å². The predicted molar refractivity (Wildman–Crippen MR) is 150 cm³/mol. The van der Waals surface area contributed by atoms with E-state index in [1.807, 2.05) is 29.0 Å². The van der Waals surface area contributed by atoms with Gasteiger partial charge >= 0.3 is 0 Å². The van der Waals surface area contributed by atoms with E-state index in [2.05, 4.69) is 21.2 Å². The van der Waals surface area contributed by atoms with E-state index in [1.54, 1.807) is 24.3 Å². The number of nitrogens with zero attached hydrogens (tertiary/aromatic N) is 2. The summed E-state index contributed by atoms with van der Waals surface area (Å²) in [5.74, 6) is -0.505. The van der Waals surface area contributed by atoms with Gasteiger partial charge < -0.3 is 14.6 Å². The molecule has 0 saturated carbocycles. The fraction of sp³-hybridized carbons (Fsp3) is 0.269. The molecule has 3 aromatic rings. The first-order valence-corrected chi connectivity index (χ1v) is 14.0. The molecule has 192 valence electrons. The Bertz CT molecular complexity index is 1430. The standard InChI is InChI=1S/C26H22BrCl2N3O4S/c27-17-4-6-22-19(10-17)16(13-31(22)14-24(33)30-11-18-2-1-7-36-18)9-23-25(34)32(26(35)37-23)12-15-3-5-20(28)21(29)8-15/h3-6,8-10,13,18H,1-2,7,11-12,14H2,(H,30,33)/b23-9-/t18-/m0/s1. The van der Waals surface area contributed by atoms with Gasteiger partial charge in [-0.15, -0.1) is 0 Å². The van der Waals surface area contributed by atoms with Crippen molar-refractivity contribution >= 4 is 84.9 Å². The number of carbonyl (C=O) groups is 3. The van der Waals surface area contributed by atoms with Crippen molar-refractivity contribution in [3.05, 3.63) is 73.1 Å². The Balaban J connectivity index is 1.37. The average molecular weight is 623 g/mol. The molecule has 1 N–H and O–H groups in total. The van der Waals surface area contributed by atoms with E-state index in [9.17, 15) is 14.4 Å². The second-order valence-electron chi connectivity index (χ2n) is 8.83. The quantitative estimate of drug-likeness (QED) is 0.315. The van der Waals surface area contributed by atoms with E-state index < -0.39 is 0 Å². The van der Waals surface area contributed by atoms with E-state index in [0.29, 0.717) is 27.1 Å². The summed E-state index contributed by atoms with van der Waals surface area (Å²) in [6.07, 6.45) is 5.56. The molecule has 0 spiro atoms. The third-order valence-corrected chi connectivity index (χ3v) is 8.36. The number of imide groups is 1. The summed E-state index contributed by atoms with van der Waals surface area (Å²) in [6, 6.07) is 10.8. The van der Waals surface area contributed by atoms with Crippen LogP contribution in [0.25, 0.3) is 17.0 Å². The smallest absolute Gasteiger partial charge is 0.293 e. The Morgan fingerprint density at radius 1 is 1.19 bits per heavy atom. The number of thioether (sulfide) groups is 1. The first-order valence-electron chi connectivity index (χ1n) is 11.6. The molecule has 0 bridgehead atoms. The lowest BCUT2D eigenvalue weighted by atomic mass is 10.1. The second-order valence-corrected chi connectivity index (χ2v) is 11.6. The molecule has 37 heavy (non-hydrogen) atoms. The molecule has 5 rings (SSSR count). The van der Waals surface area contributed by atoms with Gasteiger partial charge in [0.15, 0.2) is 0 Å². The maximum atomic E-state index is 13.1. The molecule has 0 unspecified atom stereocenters. The van der Waals surface area contributed by atoms with Gasteiger partial charge in [-0.05, 0) is 66.6 Å². The van der Waals surface area contributed by atoms with Gasteiger partial charge in [0.2, 0.25) is 5.91 Å². The normalized spacial score (nSPS) is 18.9. The van der Waals surface area contributed by atoms with Crippen molar-refractivity contribution in [2.75, 3.05) is 13.2 Å². The molecule has 7 nitrogen and oxygen atoms in total. The van der Waals surface area contributed by atoms with E-state index in [0.717, 1.165) is 52.1 Å². The second kappa shape index (κ2) is 11.2. The summed E-state index contributed by atoms with van der Waals surface area (Å²) in [5, 5.41) is 4.21. The number of rotatable bonds is 7. The fourth-order valence-corrected chi connectivity index (χ4v) is 5.90. The summed E-state index contributed by atoms with van der Waals surface area (Å²) in [4.78, 5) is 40.0. The van der Waals surface area contributed by atoms with Gasteiger partial charge in [0.1, 0.15) is 6.54 Å². The van der Waals surface area contributed by atoms with Crippen LogP contribution in [0.5, 0.6) is 0 Å². The van der Waals surface area contributed by atoms with Gasteiger partial charge in [0.25, 0.3) is 11.1 Å². The van der Waals surface area contributed by atoms with Gasteiger partial charge in [-0.2, -0.15) is 0 Å². The molecule has 3 amide bonds. The highest BCUT2D eigenvalue weighted by Crippen LogP contribution is 2.36. The zero-order chi connectivity index (χ0) is 26.1. The van der Waals surface area contributed by atoms with E-state index in [4.69, 9.17) is 27.9 Å². The van der Waals surface area contributed by atoms with Crippen LogP contribution in [0.15, 0.2) is 52.0 Å². The van der Waals surface area contributed by atoms with Crippen molar-refractivity contribution in [1.29, 1.82) is 0 Å². The molecule has 1 aromatic heterocycles. The molecule has 11 heteroatoms. The van der Waals surface area contributed by atoms with Crippen molar-refractivity contribution in [1.82, 2.24) is 14.8 Å². The number of amides is 3. The molecule has 2 aliphatic heterocycles. The van der Waals surface area contributed by atoms with Crippen LogP contribution in [0.4, 0.5) is 4.79 Å². The van der Waals surface area contributed by atoms with Crippen LogP contribution in [0.2, 0.25) is 10.0 Å². The van der Waals surface area contributed by atoms with Crippen LogP contribution in [-0.4, -0.2) is 45.8 Å². The topological polar surface area (TPSA) is 80.6 Å². The molecule has 2 fully saturated rings.